The molecular formula is C15H20NO5S+. The number of oxazole rings is 1. The van der Waals surface area contributed by atoms with Gasteiger partial charge >= 0.3 is 5.89 Å². The van der Waals surface area contributed by atoms with Crippen LogP contribution in [0.25, 0.3) is 17.2 Å². The average molecular weight is 326 g/mol. The standard InChI is InChI=1S/C15H19NO5S/c1-3-20-12(2)11-15-16(9-6-10-22(17,18)19)13-7-4-5-8-14(13)21-15/h4-5,7-8,11H,3,6,9-10H2,1-2H3/p+1. The van der Waals surface area contributed by atoms with Gasteiger partial charge in [-0.2, -0.15) is 13.0 Å². The molecule has 1 aromatic heterocycles. The SMILES string of the molecule is CCOC(C)=Cc1oc2ccccc2[n+]1CCCS(=O)(=O)O. The number of aryl methyl sites for hydroxylation is 1. The lowest BCUT2D eigenvalue weighted by atomic mass is 10.3. The molecule has 2 rings (SSSR count). The van der Waals surface area contributed by atoms with Crippen LogP contribution in [0.3, 0.4) is 0 Å². The number of ether oxygens (including phenoxy) is 1. The predicted octanol–water partition coefficient (Wildman–Crippen LogP) is 2.40. The minimum Gasteiger partial charge on any atom is -0.498 e. The zero-order valence-electron chi connectivity index (χ0n) is 12.7. The van der Waals surface area contributed by atoms with Gasteiger partial charge < -0.3 is 9.15 Å². The topological polar surface area (TPSA) is 80.6 Å². The van der Waals surface area contributed by atoms with E-state index in [-0.39, 0.29) is 5.75 Å². The Morgan fingerprint density at radius 3 is 2.82 bits per heavy atom. The number of para-hydroxylation sites is 2. The van der Waals surface area contributed by atoms with E-state index in [2.05, 4.69) is 0 Å². The molecule has 120 valence electrons. The molecule has 0 aliphatic heterocycles. The van der Waals surface area contributed by atoms with Crippen LogP contribution in [0.2, 0.25) is 0 Å². The number of aromatic nitrogens is 1. The van der Waals surface area contributed by atoms with Crippen LogP contribution in [0.15, 0.2) is 34.4 Å². The van der Waals surface area contributed by atoms with Gasteiger partial charge in [-0.1, -0.05) is 12.1 Å². The second kappa shape index (κ2) is 6.93. The van der Waals surface area contributed by atoms with E-state index < -0.39 is 10.1 Å². The number of hydrogen-bond donors (Lipinski definition) is 1. The highest BCUT2D eigenvalue weighted by atomic mass is 32.2. The van der Waals surface area contributed by atoms with E-state index in [4.69, 9.17) is 13.7 Å². The quantitative estimate of drug-likeness (QED) is 0.480. The third-order valence-corrected chi connectivity index (χ3v) is 3.92. The molecule has 7 heteroatoms. The van der Waals surface area contributed by atoms with Gasteiger partial charge in [-0.15, -0.1) is 0 Å². The molecular weight excluding hydrogens is 306 g/mol. The zero-order valence-corrected chi connectivity index (χ0v) is 13.5. The molecule has 0 saturated heterocycles. The van der Waals surface area contributed by atoms with Crippen LogP contribution in [0.4, 0.5) is 0 Å². The summed E-state index contributed by atoms with van der Waals surface area (Å²) in [7, 11) is -3.96. The fraction of sp³-hybridized carbons (Fsp3) is 0.400. The summed E-state index contributed by atoms with van der Waals surface area (Å²) in [4.78, 5) is 0. The Labute approximate surface area is 129 Å². The van der Waals surface area contributed by atoms with E-state index >= 15 is 0 Å². The molecule has 0 amide bonds. The lowest BCUT2D eigenvalue weighted by molar-refractivity contribution is -0.677. The van der Waals surface area contributed by atoms with Crippen molar-refractivity contribution in [2.75, 3.05) is 12.4 Å². The van der Waals surface area contributed by atoms with Crippen LogP contribution in [-0.2, 0) is 21.4 Å². The van der Waals surface area contributed by atoms with Crippen molar-refractivity contribution in [3.8, 4) is 0 Å². The van der Waals surface area contributed by atoms with Gasteiger partial charge in [0.2, 0.25) is 5.58 Å². The second-order valence-electron chi connectivity index (χ2n) is 4.89. The fourth-order valence-electron chi connectivity index (χ4n) is 2.24. The predicted molar refractivity (Wildman–Crippen MR) is 82.7 cm³/mol. The minimum atomic E-state index is -3.96. The fourth-order valence-corrected chi connectivity index (χ4v) is 2.73. The van der Waals surface area contributed by atoms with Crippen molar-refractivity contribution < 1.29 is 26.7 Å². The summed E-state index contributed by atoms with van der Waals surface area (Å²) in [6, 6.07) is 7.51. The summed E-state index contributed by atoms with van der Waals surface area (Å²) in [5.74, 6) is 1.01. The number of nitrogens with zero attached hydrogens (tertiary/aromatic N) is 1. The number of allylic oxidation sites excluding steroid dienone is 1. The van der Waals surface area contributed by atoms with Crippen LogP contribution >= 0.6 is 0 Å². The summed E-state index contributed by atoms with van der Waals surface area (Å²) >= 11 is 0. The number of rotatable bonds is 7. The summed E-state index contributed by atoms with van der Waals surface area (Å²) in [5.41, 5.74) is 1.58. The largest absolute Gasteiger partial charge is 0.498 e. The van der Waals surface area contributed by atoms with Gasteiger partial charge in [0.1, 0.15) is 5.76 Å². The normalized spacial score (nSPS) is 12.8. The molecule has 0 aliphatic carbocycles. The Balaban J connectivity index is 2.34. The molecule has 0 fully saturated rings. The lowest BCUT2D eigenvalue weighted by Gasteiger charge is -2.00. The highest BCUT2D eigenvalue weighted by molar-refractivity contribution is 7.85. The Morgan fingerprint density at radius 2 is 2.14 bits per heavy atom. The number of fused-ring (bicyclic) bond motifs is 1. The van der Waals surface area contributed by atoms with Crippen molar-refractivity contribution in [1.29, 1.82) is 0 Å². The minimum absolute atomic E-state index is 0.285. The molecule has 0 saturated carbocycles. The maximum atomic E-state index is 10.9. The smallest absolute Gasteiger partial charge is 0.377 e. The molecule has 1 aromatic carbocycles. The first-order chi connectivity index (χ1) is 10.4. The van der Waals surface area contributed by atoms with E-state index in [1.807, 2.05) is 42.7 Å². The Morgan fingerprint density at radius 1 is 1.41 bits per heavy atom. The van der Waals surface area contributed by atoms with Crippen molar-refractivity contribution in [3.63, 3.8) is 0 Å². The first kappa shape index (κ1) is 16.5. The maximum absolute atomic E-state index is 10.9. The van der Waals surface area contributed by atoms with Gasteiger partial charge in [0, 0.05) is 12.5 Å². The molecule has 1 heterocycles. The van der Waals surface area contributed by atoms with Gasteiger partial charge in [0.05, 0.1) is 18.4 Å². The number of hydrogen-bond acceptors (Lipinski definition) is 4. The van der Waals surface area contributed by atoms with Gasteiger partial charge in [-0.3, -0.25) is 4.55 Å². The monoisotopic (exact) mass is 326 g/mol. The molecule has 0 bridgehead atoms. The van der Waals surface area contributed by atoms with Gasteiger partial charge in [-0.25, -0.2) is 0 Å². The molecule has 22 heavy (non-hydrogen) atoms. The molecule has 0 aliphatic rings. The van der Waals surface area contributed by atoms with E-state index in [1.54, 1.807) is 6.08 Å². The van der Waals surface area contributed by atoms with Gasteiger partial charge in [-0.05, 0) is 19.9 Å². The van der Waals surface area contributed by atoms with Crippen molar-refractivity contribution in [2.45, 2.75) is 26.8 Å². The molecule has 0 spiro atoms. The summed E-state index contributed by atoms with van der Waals surface area (Å²) in [6.07, 6.45) is 2.07. The van der Waals surface area contributed by atoms with E-state index in [1.165, 1.54) is 0 Å². The number of benzene rings is 1. The zero-order chi connectivity index (χ0) is 16.2. The van der Waals surface area contributed by atoms with Crippen LogP contribution in [-0.4, -0.2) is 25.3 Å². The van der Waals surface area contributed by atoms with Gasteiger partial charge in [0.25, 0.3) is 15.6 Å². The third kappa shape index (κ3) is 4.32. The van der Waals surface area contributed by atoms with Crippen molar-refractivity contribution in [1.82, 2.24) is 0 Å². The van der Waals surface area contributed by atoms with Crippen molar-refractivity contribution in [2.24, 2.45) is 0 Å². The Kier molecular flexibility index (Phi) is 5.20. The van der Waals surface area contributed by atoms with Crippen LogP contribution in [0, 0.1) is 0 Å². The second-order valence-corrected chi connectivity index (χ2v) is 6.46. The summed E-state index contributed by atoms with van der Waals surface area (Å²) in [6.45, 7) is 4.71. The van der Waals surface area contributed by atoms with E-state index in [0.717, 1.165) is 5.52 Å². The maximum Gasteiger partial charge on any atom is 0.377 e. The van der Waals surface area contributed by atoms with Crippen LogP contribution < -0.4 is 4.57 Å². The van der Waals surface area contributed by atoms with Crippen LogP contribution in [0.5, 0.6) is 0 Å². The summed E-state index contributed by atoms with van der Waals surface area (Å²) < 4.78 is 43.7. The van der Waals surface area contributed by atoms with Crippen LogP contribution in [0.1, 0.15) is 26.2 Å². The first-order valence-corrected chi connectivity index (χ1v) is 8.69. The first-order valence-electron chi connectivity index (χ1n) is 7.08. The lowest BCUT2D eigenvalue weighted by Crippen LogP contribution is -2.36. The van der Waals surface area contributed by atoms with Crippen molar-refractivity contribution in [3.05, 3.63) is 35.9 Å². The van der Waals surface area contributed by atoms with Crippen molar-refractivity contribution >= 4 is 27.3 Å². The molecule has 0 atom stereocenters. The highest BCUT2D eigenvalue weighted by Crippen LogP contribution is 2.16. The highest BCUT2D eigenvalue weighted by Gasteiger charge is 2.21. The summed E-state index contributed by atoms with van der Waals surface area (Å²) in [5, 5.41) is 0. The third-order valence-electron chi connectivity index (χ3n) is 3.12. The molecule has 0 radical (unpaired) electrons. The van der Waals surface area contributed by atoms with Gasteiger partial charge in [0.15, 0.2) is 6.54 Å². The van der Waals surface area contributed by atoms with E-state index in [0.29, 0.717) is 36.8 Å². The Hall–Kier alpha value is -1.86. The Bertz CT molecular complexity index is 776. The average Bonchev–Trinajstić information content (AvgIpc) is 2.76. The molecule has 6 nitrogen and oxygen atoms in total. The molecule has 0 unspecified atom stereocenters. The molecule has 1 N–H and O–H groups in total. The van der Waals surface area contributed by atoms with E-state index in [9.17, 15) is 8.42 Å². The molecule has 2 aromatic rings.